The Morgan fingerprint density at radius 3 is 2.35 bits per heavy atom. The van der Waals surface area contributed by atoms with Crippen molar-refractivity contribution in [2.24, 2.45) is 4.99 Å². The summed E-state index contributed by atoms with van der Waals surface area (Å²) in [4.78, 5) is 33.7. The standard InChI is InChI=1S/C44H40N2O5S/c1-5-49-37-25-29(19-24-36(37)51-27-34-17-12-16-31-13-10-11-18-35(31)34)26-38-42(47)46-41(33-22-20-30(21-23-33)28(3)4)39(43(48)50-6-2)40(45-44(46)52-38)32-14-8-7-9-15-32/h7-26,28,41H,5-6,27H2,1-4H3/b38-26-/t41-/m0/s1. The van der Waals surface area contributed by atoms with Gasteiger partial charge in [-0.2, -0.15) is 0 Å². The van der Waals surface area contributed by atoms with Crippen molar-refractivity contribution < 1.29 is 19.0 Å². The van der Waals surface area contributed by atoms with Crippen LogP contribution in [0.4, 0.5) is 0 Å². The summed E-state index contributed by atoms with van der Waals surface area (Å²) in [6, 6.07) is 37.1. The van der Waals surface area contributed by atoms with Crippen LogP contribution in [0.15, 0.2) is 131 Å². The second-order valence-corrected chi connectivity index (χ2v) is 13.8. The molecule has 1 aromatic heterocycles. The van der Waals surface area contributed by atoms with Crippen LogP contribution in [0.2, 0.25) is 0 Å². The van der Waals surface area contributed by atoms with E-state index < -0.39 is 12.0 Å². The molecule has 0 bridgehead atoms. The maximum Gasteiger partial charge on any atom is 0.338 e. The number of rotatable bonds is 11. The summed E-state index contributed by atoms with van der Waals surface area (Å²) >= 11 is 1.29. The molecule has 1 aliphatic rings. The maximum atomic E-state index is 14.4. The Labute approximate surface area is 306 Å². The third-order valence-electron chi connectivity index (χ3n) is 9.12. The smallest absolute Gasteiger partial charge is 0.338 e. The van der Waals surface area contributed by atoms with Crippen LogP contribution in [0, 0.1) is 0 Å². The second kappa shape index (κ2) is 15.3. The molecule has 2 heterocycles. The average molecular weight is 709 g/mol. The number of thiazole rings is 1. The molecular formula is C44H40N2O5S. The van der Waals surface area contributed by atoms with Gasteiger partial charge in [0.05, 0.1) is 35.1 Å². The zero-order chi connectivity index (χ0) is 36.2. The van der Waals surface area contributed by atoms with Crippen molar-refractivity contribution in [2.45, 2.75) is 46.3 Å². The van der Waals surface area contributed by atoms with Crippen molar-refractivity contribution in [2.75, 3.05) is 13.2 Å². The van der Waals surface area contributed by atoms with Gasteiger partial charge in [0.25, 0.3) is 5.56 Å². The minimum Gasteiger partial charge on any atom is -0.490 e. The van der Waals surface area contributed by atoms with Gasteiger partial charge in [0.1, 0.15) is 6.61 Å². The third kappa shape index (κ3) is 6.94. The molecule has 0 fully saturated rings. The largest absolute Gasteiger partial charge is 0.490 e. The lowest BCUT2D eigenvalue weighted by Gasteiger charge is -2.26. The minimum absolute atomic E-state index is 0.192. The van der Waals surface area contributed by atoms with E-state index in [0.717, 1.165) is 38.6 Å². The first-order valence-corrected chi connectivity index (χ1v) is 18.4. The van der Waals surface area contributed by atoms with Gasteiger partial charge in [0.15, 0.2) is 16.3 Å². The fraction of sp³-hybridized carbons (Fsp3) is 0.205. The summed E-state index contributed by atoms with van der Waals surface area (Å²) < 4.78 is 20.1. The second-order valence-electron chi connectivity index (χ2n) is 12.8. The van der Waals surface area contributed by atoms with E-state index in [1.54, 1.807) is 11.5 Å². The zero-order valence-electron chi connectivity index (χ0n) is 29.7. The van der Waals surface area contributed by atoms with Gasteiger partial charge in [0, 0.05) is 5.56 Å². The van der Waals surface area contributed by atoms with Crippen molar-refractivity contribution in [3.63, 3.8) is 0 Å². The van der Waals surface area contributed by atoms with Gasteiger partial charge in [-0.15, -0.1) is 0 Å². The Morgan fingerprint density at radius 2 is 1.60 bits per heavy atom. The summed E-state index contributed by atoms with van der Waals surface area (Å²) in [5.41, 5.74) is 5.17. The van der Waals surface area contributed by atoms with Crippen LogP contribution in [-0.4, -0.2) is 23.8 Å². The molecule has 0 unspecified atom stereocenters. The topological polar surface area (TPSA) is 79.1 Å². The van der Waals surface area contributed by atoms with Gasteiger partial charge in [-0.1, -0.05) is 128 Å². The van der Waals surface area contributed by atoms with E-state index in [-0.39, 0.29) is 12.2 Å². The molecule has 52 heavy (non-hydrogen) atoms. The number of hydrogen-bond acceptors (Lipinski definition) is 7. The molecule has 8 heteroatoms. The first-order valence-electron chi connectivity index (χ1n) is 17.6. The summed E-state index contributed by atoms with van der Waals surface area (Å²) in [5, 5.41) is 2.30. The number of ether oxygens (including phenoxy) is 3. The Morgan fingerprint density at radius 1 is 0.846 bits per heavy atom. The summed E-state index contributed by atoms with van der Waals surface area (Å²) in [7, 11) is 0. The molecule has 1 atom stereocenters. The van der Waals surface area contributed by atoms with E-state index >= 15 is 0 Å². The van der Waals surface area contributed by atoms with Crippen molar-refractivity contribution in [3.05, 3.63) is 168 Å². The van der Waals surface area contributed by atoms with E-state index in [4.69, 9.17) is 19.2 Å². The van der Waals surface area contributed by atoms with Crippen LogP contribution in [0.25, 0.3) is 22.5 Å². The number of carbonyl (C=O) groups is 1. The molecule has 7 rings (SSSR count). The summed E-state index contributed by atoms with van der Waals surface area (Å²) in [6.45, 7) is 9.00. The molecule has 1 aliphatic heterocycles. The van der Waals surface area contributed by atoms with Gasteiger partial charge in [0.2, 0.25) is 0 Å². The molecule has 0 spiro atoms. The summed E-state index contributed by atoms with van der Waals surface area (Å²) in [5.74, 6) is 1.03. The van der Waals surface area contributed by atoms with Gasteiger partial charge >= 0.3 is 5.97 Å². The molecule has 0 N–H and O–H groups in total. The Bertz CT molecular complexity index is 2460. The predicted octanol–water partition coefficient (Wildman–Crippen LogP) is 8.19. The first kappa shape index (κ1) is 34.7. The van der Waals surface area contributed by atoms with E-state index in [2.05, 4.69) is 50.2 Å². The average Bonchev–Trinajstić information content (AvgIpc) is 3.48. The van der Waals surface area contributed by atoms with Crippen molar-refractivity contribution in [1.29, 1.82) is 0 Å². The number of fused-ring (bicyclic) bond motifs is 2. The fourth-order valence-electron chi connectivity index (χ4n) is 6.55. The quantitative estimate of drug-likeness (QED) is 0.127. The van der Waals surface area contributed by atoms with Gasteiger partial charge in [-0.3, -0.25) is 9.36 Å². The minimum atomic E-state index is -0.738. The number of benzene rings is 5. The molecule has 262 valence electrons. The van der Waals surface area contributed by atoms with E-state index in [0.29, 0.717) is 51.2 Å². The number of aromatic nitrogens is 1. The molecule has 7 nitrogen and oxygen atoms in total. The Balaban J connectivity index is 1.32. The SMILES string of the molecule is CCOC(=O)C1=C(c2ccccc2)N=c2s/c(=C\c3ccc(OCc4cccc5ccccc45)c(OCC)c3)c(=O)n2[C@H]1c1ccc(C(C)C)cc1. The van der Waals surface area contributed by atoms with Crippen LogP contribution in [0.1, 0.15) is 67.5 Å². The van der Waals surface area contributed by atoms with Crippen LogP contribution in [-0.2, 0) is 16.1 Å². The zero-order valence-corrected chi connectivity index (χ0v) is 30.5. The molecule has 5 aromatic carbocycles. The highest BCUT2D eigenvalue weighted by molar-refractivity contribution is 7.07. The monoisotopic (exact) mass is 708 g/mol. The van der Waals surface area contributed by atoms with Crippen LogP contribution >= 0.6 is 11.3 Å². The molecule has 0 amide bonds. The molecule has 0 radical (unpaired) electrons. The highest BCUT2D eigenvalue weighted by atomic mass is 32.1. The van der Waals surface area contributed by atoms with E-state index in [9.17, 15) is 9.59 Å². The summed E-state index contributed by atoms with van der Waals surface area (Å²) in [6.07, 6.45) is 1.84. The van der Waals surface area contributed by atoms with Crippen molar-refractivity contribution in [1.82, 2.24) is 4.57 Å². The van der Waals surface area contributed by atoms with Crippen LogP contribution in [0.5, 0.6) is 11.5 Å². The lowest BCUT2D eigenvalue weighted by atomic mass is 9.91. The normalized spacial score (nSPS) is 14.3. The van der Waals surface area contributed by atoms with Gasteiger partial charge in [-0.25, -0.2) is 9.79 Å². The van der Waals surface area contributed by atoms with Gasteiger partial charge in [-0.05, 0) is 71.0 Å². The highest BCUT2D eigenvalue weighted by Crippen LogP contribution is 2.36. The van der Waals surface area contributed by atoms with Crippen LogP contribution < -0.4 is 24.4 Å². The molecule has 0 saturated carbocycles. The number of nitrogens with zero attached hydrogens (tertiary/aromatic N) is 2. The molecule has 0 saturated heterocycles. The lowest BCUT2D eigenvalue weighted by molar-refractivity contribution is -0.138. The third-order valence-corrected chi connectivity index (χ3v) is 10.1. The number of carbonyl (C=O) groups excluding carboxylic acids is 1. The van der Waals surface area contributed by atoms with E-state index in [1.165, 1.54) is 11.3 Å². The Hall–Kier alpha value is -5.73. The maximum absolute atomic E-state index is 14.4. The van der Waals surface area contributed by atoms with Gasteiger partial charge < -0.3 is 14.2 Å². The Kier molecular flexibility index (Phi) is 10.2. The molecule has 6 aromatic rings. The van der Waals surface area contributed by atoms with Crippen LogP contribution in [0.3, 0.4) is 0 Å². The number of esters is 1. The fourth-order valence-corrected chi connectivity index (χ4v) is 7.55. The number of hydrogen-bond donors (Lipinski definition) is 0. The molecule has 0 aliphatic carbocycles. The molecular weight excluding hydrogens is 669 g/mol. The highest BCUT2D eigenvalue weighted by Gasteiger charge is 2.35. The lowest BCUT2D eigenvalue weighted by Crippen LogP contribution is -2.40. The van der Waals surface area contributed by atoms with Crippen molar-refractivity contribution >= 4 is 39.9 Å². The first-order chi connectivity index (χ1) is 25.4. The predicted molar refractivity (Wildman–Crippen MR) is 207 cm³/mol. The van der Waals surface area contributed by atoms with E-state index in [1.807, 2.05) is 91.9 Å². The van der Waals surface area contributed by atoms with Crippen molar-refractivity contribution in [3.8, 4) is 11.5 Å².